The molecular weight excluding hydrogens is 294 g/mol. The SMILES string of the molecule is COc1ccc([C@@H](CC(=O)[O-])NC(=O)C2CCCCC2)cc1C. The molecule has 0 saturated heterocycles. The maximum Gasteiger partial charge on any atom is 0.223 e. The summed E-state index contributed by atoms with van der Waals surface area (Å²) >= 11 is 0. The van der Waals surface area contributed by atoms with E-state index in [1.807, 2.05) is 13.0 Å². The van der Waals surface area contributed by atoms with Crippen molar-refractivity contribution < 1.29 is 19.4 Å². The van der Waals surface area contributed by atoms with Crippen molar-refractivity contribution in [2.75, 3.05) is 7.11 Å². The lowest BCUT2D eigenvalue weighted by atomic mass is 9.88. The maximum atomic E-state index is 12.4. The summed E-state index contributed by atoms with van der Waals surface area (Å²) < 4.78 is 5.22. The Morgan fingerprint density at radius 1 is 1.30 bits per heavy atom. The Morgan fingerprint density at radius 2 is 2.00 bits per heavy atom. The summed E-state index contributed by atoms with van der Waals surface area (Å²) in [5.41, 5.74) is 1.66. The molecule has 1 atom stereocenters. The van der Waals surface area contributed by atoms with Crippen molar-refractivity contribution in [1.29, 1.82) is 0 Å². The van der Waals surface area contributed by atoms with Gasteiger partial charge in [0.05, 0.1) is 13.2 Å². The average Bonchev–Trinajstić information content (AvgIpc) is 2.54. The summed E-state index contributed by atoms with van der Waals surface area (Å²) in [6.07, 6.45) is 4.82. The van der Waals surface area contributed by atoms with Gasteiger partial charge in [0.1, 0.15) is 5.75 Å². The molecule has 1 amide bonds. The minimum atomic E-state index is -1.17. The van der Waals surface area contributed by atoms with Crippen LogP contribution in [0.1, 0.15) is 55.7 Å². The molecule has 126 valence electrons. The molecule has 1 aromatic carbocycles. The summed E-state index contributed by atoms with van der Waals surface area (Å²) in [7, 11) is 1.59. The fourth-order valence-electron chi connectivity index (χ4n) is 3.19. The number of carbonyl (C=O) groups is 2. The van der Waals surface area contributed by atoms with Gasteiger partial charge in [-0.25, -0.2) is 0 Å². The molecule has 1 aromatic rings. The third-order valence-electron chi connectivity index (χ3n) is 4.48. The molecule has 0 bridgehead atoms. The molecule has 1 aliphatic carbocycles. The van der Waals surface area contributed by atoms with Crippen LogP contribution in [0.3, 0.4) is 0 Å². The number of amides is 1. The summed E-state index contributed by atoms with van der Waals surface area (Å²) in [5, 5.41) is 14.0. The molecular formula is C18H24NO4-. The average molecular weight is 318 g/mol. The van der Waals surface area contributed by atoms with Crippen molar-refractivity contribution in [3.05, 3.63) is 29.3 Å². The predicted octanol–water partition coefficient (Wildman–Crippen LogP) is 1.88. The molecule has 0 heterocycles. The molecule has 0 unspecified atom stereocenters. The van der Waals surface area contributed by atoms with E-state index in [-0.39, 0.29) is 18.2 Å². The van der Waals surface area contributed by atoms with Gasteiger partial charge in [-0.15, -0.1) is 0 Å². The van der Waals surface area contributed by atoms with Crippen LogP contribution >= 0.6 is 0 Å². The Labute approximate surface area is 137 Å². The quantitative estimate of drug-likeness (QED) is 0.868. The fraction of sp³-hybridized carbons (Fsp3) is 0.556. The molecule has 0 radical (unpaired) electrons. The first-order valence-corrected chi connectivity index (χ1v) is 8.16. The molecule has 2 rings (SSSR count). The molecule has 1 N–H and O–H groups in total. The van der Waals surface area contributed by atoms with Gasteiger partial charge in [-0.2, -0.15) is 0 Å². The van der Waals surface area contributed by atoms with Crippen molar-refractivity contribution in [3.63, 3.8) is 0 Å². The highest BCUT2D eigenvalue weighted by atomic mass is 16.5. The van der Waals surface area contributed by atoms with Gasteiger partial charge in [0.2, 0.25) is 5.91 Å². The minimum Gasteiger partial charge on any atom is -0.550 e. The molecule has 0 aliphatic heterocycles. The van der Waals surface area contributed by atoms with Crippen LogP contribution in [0.4, 0.5) is 0 Å². The van der Waals surface area contributed by atoms with E-state index in [9.17, 15) is 14.7 Å². The van der Waals surface area contributed by atoms with E-state index in [4.69, 9.17) is 4.74 Å². The standard InChI is InChI=1S/C18H25NO4/c1-12-10-14(8-9-16(12)23-2)15(11-17(20)21)19-18(22)13-6-4-3-5-7-13/h8-10,13,15H,3-7,11H2,1-2H3,(H,19,22)(H,20,21)/p-1/t15-/m1/s1. The monoisotopic (exact) mass is 318 g/mol. The lowest BCUT2D eigenvalue weighted by Gasteiger charge is -2.26. The first kappa shape index (κ1) is 17.3. The van der Waals surface area contributed by atoms with Gasteiger partial charge in [0.15, 0.2) is 0 Å². The van der Waals surface area contributed by atoms with Crippen LogP contribution in [-0.4, -0.2) is 19.0 Å². The van der Waals surface area contributed by atoms with Crippen molar-refractivity contribution in [2.45, 2.75) is 51.5 Å². The van der Waals surface area contributed by atoms with E-state index < -0.39 is 12.0 Å². The third kappa shape index (κ3) is 4.71. The third-order valence-corrected chi connectivity index (χ3v) is 4.48. The number of carboxylic acid groups (broad SMARTS) is 1. The largest absolute Gasteiger partial charge is 0.550 e. The van der Waals surface area contributed by atoms with Gasteiger partial charge in [-0.05, 0) is 37.0 Å². The van der Waals surface area contributed by atoms with E-state index in [1.165, 1.54) is 6.42 Å². The second-order valence-electron chi connectivity index (χ2n) is 6.20. The highest BCUT2D eigenvalue weighted by Crippen LogP contribution is 2.27. The molecule has 5 heteroatoms. The minimum absolute atomic E-state index is 0.00708. The highest BCUT2D eigenvalue weighted by Gasteiger charge is 2.24. The Bertz CT molecular complexity index is 564. The molecule has 1 fully saturated rings. The van der Waals surface area contributed by atoms with Crippen LogP contribution in [0, 0.1) is 12.8 Å². The zero-order valence-corrected chi connectivity index (χ0v) is 13.8. The van der Waals surface area contributed by atoms with Gasteiger partial charge < -0.3 is 20.0 Å². The Hall–Kier alpha value is -2.04. The summed E-state index contributed by atoms with van der Waals surface area (Å²) in [6.45, 7) is 1.89. The summed E-state index contributed by atoms with van der Waals surface area (Å²) in [5.74, 6) is -0.497. The van der Waals surface area contributed by atoms with E-state index in [2.05, 4.69) is 5.32 Å². The number of aryl methyl sites for hydroxylation is 1. The smallest absolute Gasteiger partial charge is 0.223 e. The van der Waals surface area contributed by atoms with Gasteiger partial charge in [0, 0.05) is 18.3 Å². The number of methoxy groups -OCH3 is 1. The first-order chi connectivity index (χ1) is 11.0. The van der Waals surface area contributed by atoms with Crippen molar-refractivity contribution in [2.24, 2.45) is 5.92 Å². The number of carbonyl (C=O) groups excluding carboxylic acids is 2. The van der Waals surface area contributed by atoms with E-state index in [0.29, 0.717) is 0 Å². The number of hydrogen-bond donors (Lipinski definition) is 1. The van der Waals surface area contributed by atoms with Crippen molar-refractivity contribution in [3.8, 4) is 5.75 Å². The Kier molecular flexibility index (Phi) is 6.02. The number of carboxylic acids is 1. The number of ether oxygens (including phenoxy) is 1. The molecule has 5 nitrogen and oxygen atoms in total. The van der Waals surface area contributed by atoms with Gasteiger partial charge >= 0.3 is 0 Å². The van der Waals surface area contributed by atoms with Crippen LogP contribution in [-0.2, 0) is 9.59 Å². The van der Waals surface area contributed by atoms with Crippen LogP contribution in [0.5, 0.6) is 5.75 Å². The number of nitrogens with one attached hydrogen (secondary N) is 1. The number of benzene rings is 1. The second kappa shape index (κ2) is 7.99. The summed E-state index contributed by atoms with van der Waals surface area (Å²) in [4.78, 5) is 23.5. The lowest BCUT2D eigenvalue weighted by molar-refractivity contribution is -0.306. The van der Waals surface area contributed by atoms with Gasteiger partial charge in [-0.1, -0.05) is 31.4 Å². The lowest BCUT2D eigenvalue weighted by Crippen LogP contribution is -2.38. The van der Waals surface area contributed by atoms with Crippen LogP contribution in [0.2, 0.25) is 0 Å². The van der Waals surface area contributed by atoms with Gasteiger partial charge in [0.25, 0.3) is 0 Å². The van der Waals surface area contributed by atoms with Crippen LogP contribution < -0.4 is 15.2 Å². The molecule has 0 aromatic heterocycles. The molecule has 1 aliphatic rings. The fourth-order valence-corrected chi connectivity index (χ4v) is 3.19. The maximum absolute atomic E-state index is 12.4. The number of rotatable bonds is 6. The zero-order valence-electron chi connectivity index (χ0n) is 13.8. The predicted molar refractivity (Wildman–Crippen MR) is 84.8 cm³/mol. The van der Waals surface area contributed by atoms with Crippen molar-refractivity contribution >= 4 is 11.9 Å². The second-order valence-corrected chi connectivity index (χ2v) is 6.20. The zero-order chi connectivity index (χ0) is 16.8. The first-order valence-electron chi connectivity index (χ1n) is 8.16. The van der Waals surface area contributed by atoms with E-state index >= 15 is 0 Å². The normalized spacial score (nSPS) is 16.6. The molecule has 0 spiro atoms. The summed E-state index contributed by atoms with van der Waals surface area (Å²) in [6, 6.07) is 4.87. The number of hydrogen-bond acceptors (Lipinski definition) is 4. The van der Waals surface area contributed by atoms with E-state index in [1.54, 1.807) is 19.2 Å². The van der Waals surface area contributed by atoms with Crippen LogP contribution in [0.25, 0.3) is 0 Å². The molecule has 1 saturated carbocycles. The Balaban J connectivity index is 2.14. The highest BCUT2D eigenvalue weighted by molar-refractivity contribution is 5.80. The Morgan fingerprint density at radius 3 is 2.57 bits per heavy atom. The van der Waals surface area contributed by atoms with Crippen molar-refractivity contribution in [1.82, 2.24) is 5.32 Å². The molecule has 23 heavy (non-hydrogen) atoms. The topological polar surface area (TPSA) is 78.5 Å². The van der Waals surface area contributed by atoms with Gasteiger partial charge in [-0.3, -0.25) is 4.79 Å². The number of aliphatic carboxylic acids is 1. The van der Waals surface area contributed by atoms with E-state index in [0.717, 1.165) is 42.6 Å². The van der Waals surface area contributed by atoms with Crippen LogP contribution in [0.15, 0.2) is 18.2 Å².